The van der Waals surface area contributed by atoms with E-state index in [1.165, 1.54) is 6.33 Å². The van der Waals surface area contributed by atoms with E-state index < -0.39 is 4.92 Å². The fourth-order valence-electron chi connectivity index (χ4n) is 3.07. The van der Waals surface area contributed by atoms with Crippen LogP contribution in [0.15, 0.2) is 48.8 Å². The van der Waals surface area contributed by atoms with Crippen LogP contribution in [0.2, 0.25) is 0 Å². The molecule has 0 saturated heterocycles. The number of aromatic nitrogens is 2. The smallest absolute Gasteiger partial charge is 0.353 e. The van der Waals surface area contributed by atoms with Gasteiger partial charge in [0.05, 0.1) is 4.92 Å². The second kappa shape index (κ2) is 8.01. The molecule has 0 unspecified atom stereocenters. The van der Waals surface area contributed by atoms with Gasteiger partial charge in [0, 0.05) is 17.4 Å². The van der Waals surface area contributed by atoms with Gasteiger partial charge < -0.3 is 20.1 Å². The van der Waals surface area contributed by atoms with Crippen molar-refractivity contribution in [3.8, 4) is 11.5 Å². The Balaban J connectivity index is 1.67. The SMILES string of the molecule is CCc1ccccc1Nc1ncnc(Nc2ccc3c(c2)OCCO3)c1[N+](=O)[O-]. The van der Waals surface area contributed by atoms with Crippen LogP contribution in [0.1, 0.15) is 12.5 Å². The minimum Gasteiger partial charge on any atom is -0.486 e. The van der Waals surface area contributed by atoms with Gasteiger partial charge in [0.1, 0.15) is 19.5 Å². The molecule has 2 heterocycles. The lowest BCUT2D eigenvalue weighted by molar-refractivity contribution is -0.383. The third-order valence-electron chi connectivity index (χ3n) is 4.46. The summed E-state index contributed by atoms with van der Waals surface area (Å²) in [7, 11) is 0. The van der Waals surface area contributed by atoms with Crippen LogP contribution in [0.5, 0.6) is 11.5 Å². The Morgan fingerprint density at radius 1 is 1.03 bits per heavy atom. The third-order valence-corrected chi connectivity index (χ3v) is 4.46. The zero-order valence-electron chi connectivity index (χ0n) is 15.7. The summed E-state index contributed by atoms with van der Waals surface area (Å²) in [5, 5.41) is 17.9. The fraction of sp³-hybridized carbons (Fsp3) is 0.200. The average Bonchev–Trinajstić information content (AvgIpc) is 2.74. The summed E-state index contributed by atoms with van der Waals surface area (Å²) in [6.45, 7) is 2.96. The molecule has 1 aromatic heterocycles. The van der Waals surface area contributed by atoms with E-state index in [-0.39, 0.29) is 17.3 Å². The molecule has 9 nitrogen and oxygen atoms in total. The number of aryl methyl sites for hydroxylation is 1. The lowest BCUT2D eigenvalue weighted by Gasteiger charge is -2.19. The number of benzene rings is 2. The maximum atomic E-state index is 11.8. The van der Waals surface area contributed by atoms with Gasteiger partial charge in [0.25, 0.3) is 0 Å². The highest BCUT2D eigenvalue weighted by molar-refractivity contribution is 5.78. The van der Waals surface area contributed by atoms with Gasteiger partial charge in [0.15, 0.2) is 11.5 Å². The van der Waals surface area contributed by atoms with Crippen molar-refractivity contribution in [2.75, 3.05) is 23.8 Å². The van der Waals surface area contributed by atoms with Gasteiger partial charge >= 0.3 is 5.69 Å². The Bertz CT molecular complexity index is 1060. The van der Waals surface area contributed by atoms with E-state index in [0.717, 1.165) is 17.7 Å². The molecule has 0 aliphatic carbocycles. The van der Waals surface area contributed by atoms with Gasteiger partial charge in [-0.3, -0.25) is 10.1 Å². The van der Waals surface area contributed by atoms with E-state index in [4.69, 9.17) is 9.47 Å². The molecule has 0 bridgehead atoms. The predicted octanol–water partition coefficient (Wildman–Crippen LogP) is 4.21. The molecule has 2 N–H and O–H groups in total. The number of rotatable bonds is 6. The second-order valence-corrected chi connectivity index (χ2v) is 6.30. The maximum Gasteiger partial charge on any atom is 0.353 e. The van der Waals surface area contributed by atoms with Crippen molar-refractivity contribution in [1.82, 2.24) is 9.97 Å². The topological polar surface area (TPSA) is 111 Å². The Hall–Kier alpha value is -3.88. The van der Waals surface area contributed by atoms with Crippen molar-refractivity contribution < 1.29 is 14.4 Å². The van der Waals surface area contributed by atoms with E-state index in [1.807, 2.05) is 31.2 Å². The highest BCUT2D eigenvalue weighted by Gasteiger charge is 2.24. The van der Waals surface area contributed by atoms with Crippen molar-refractivity contribution in [3.05, 3.63) is 64.5 Å². The summed E-state index contributed by atoms with van der Waals surface area (Å²) in [5.74, 6) is 1.41. The lowest BCUT2D eigenvalue weighted by Crippen LogP contribution is -2.15. The first-order chi connectivity index (χ1) is 14.2. The number of hydrogen-bond donors (Lipinski definition) is 2. The van der Waals surface area contributed by atoms with Gasteiger partial charge in [-0.2, -0.15) is 0 Å². The molecule has 1 aliphatic heterocycles. The van der Waals surface area contributed by atoms with E-state index in [2.05, 4.69) is 20.6 Å². The van der Waals surface area contributed by atoms with Gasteiger partial charge in [-0.1, -0.05) is 25.1 Å². The molecule has 29 heavy (non-hydrogen) atoms. The van der Waals surface area contributed by atoms with Crippen LogP contribution in [-0.4, -0.2) is 28.1 Å². The van der Waals surface area contributed by atoms with E-state index >= 15 is 0 Å². The number of nitrogens with one attached hydrogen (secondary N) is 2. The first kappa shape index (κ1) is 18.5. The number of anilines is 4. The summed E-state index contributed by atoms with van der Waals surface area (Å²) in [6, 6.07) is 12.8. The molecule has 3 aromatic rings. The monoisotopic (exact) mass is 393 g/mol. The molecule has 9 heteroatoms. The maximum absolute atomic E-state index is 11.8. The highest BCUT2D eigenvalue weighted by atomic mass is 16.6. The fourth-order valence-corrected chi connectivity index (χ4v) is 3.07. The van der Waals surface area contributed by atoms with Gasteiger partial charge in [-0.15, -0.1) is 0 Å². The van der Waals surface area contributed by atoms with E-state index in [0.29, 0.717) is 30.4 Å². The molecule has 1 aliphatic rings. The zero-order chi connectivity index (χ0) is 20.2. The number of nitro groups is 1. The average molecular weight is 393 g/mol. The number of ether oxygens (including phenoxy) is 2. The van der Waals surface area contributed by atoms with Crippen LogP contribution in [-0.2, 0) is 6.42 Å². The molecule has 4 rings (SSSR count). The predicted molar refractivity (Wildman–Crippen MR) is 109 cm³/mol. The minimum absolute atomic E-state index is 0.0816. The standard InChI is InChI=1S/C20H19N5O4/c1-2-13-5-3-4-6-15(13)24-20-18(25(26)27)19(21-12-22-20)23-14-7-8-16-17(11-14)29-10-9-28-16/h3-8,11-12H,2,9-10H2,1H3,(H2,21,22,23,24). The van der Waals surface area contributed by atoms with Crippen LogP contribution in [0.3, 0.4) is 0 Å². The highest BCUT2D eigenvalue weighted by Crippen LogP contribution is 2.37. The molecular formula is C20H19N5O4. The molecule has 0 saturated carbocycles. The van der Waals surface area contributed by atoms with Crippen LogP contribution < -0.4 is 20.1 Å². The molecule has 0 radical (unpaired) electrons. The number of nitrogens with zero attached hydrogens (tertiary/aromatic N) is 3. The summed E-state index contributed by atoms with van der Waals surface area (Å²) >= 11 is 0. The Labute approximate surface area is 166 Å². The quantitative estimate of drug-likeness (QED) is 0.473. The molecule has 0 amide bonds. The van der Waals surface area contributed by atoms with E-state index in [9.17, 15) is 10.1 Å². The summed E-state index contributed by atoms with van der Waals surface area (Å²) in [6.07, 6.45) is 2.06. The lowest BCUT2D eigenvalue weighted by atomic mass is 10.1. The summed E-state index contributed by atoms with van der Waals surface area (Å²) < 4.78 is 11.1. The van der Waals surface area contributed by atoms with Gasteiger partial charge in [0.2, 0.25) is 11.6 Å². The van der Waals surface area contributed by atoms with Crippen molar-refractivity contribution in [2.45, 2.75) is 13.3 Å². The molecular weight excluding hydrogens is 374 g/mol. The van der Waals surface area contributed by atoms with Crippen LogP contribution in [0.4, 0.5) is 28.7 Å². The molecule has 0 atom stereocenters. The first-order valence-electron chi connectivity index (χ1n) is 9.16. The number of para-hydroxylation sites is 1. The minimum atomic E-state index is -0.503. The van der Waals surface area contributed by atoms with Crippen LogP contribution >= 0.6 is 0 Å². The van der Waals surface area contributed by atoms with Gasteiger partial charge in [-0.25, -0.2) is 9.97 Å². The normalized spacial score (nSPS) is 12.3. The van der Waals surface area contributed by atoms with Gasteiger partial charge in [-0.05, 0) is 30.2 Å². The molecule has 2 aromatic carbocycles. The van der Waals surface area contributed by atoms with Crippen molar-refractivity contribution in [3.63, 3.8) is 0 Å². The molecule has 0 fully saturated rings. The van der Waals surface area contributed by atoms with Crippen LogP contribution in [0, 0.1) is 10.1 Å². The molecule has 148 valence electrons. The first-order valence-corrected chi connectivity index (χ1v) is 9.16. The molecule has 0 spiro atoms. The summed E-state index contributed by atoms with van der Waals surface area (Å²) in [4.78, 5) is 19.5. The summed E-state index contributed by atoms with van der Waals surface area (Å²) in [5.41, 5.74) is 2.15. The van der Waals surface area contributed by atoms with Crippen molar-refractivity contribution in [2.24, 2.45) is 0 Å². The zero-order valence-corrected chi connectivity index (χ0v) is 15.7. The van der Waals surface area contributed by atoms with Crippen molar-refractivity contribution in [1.29, 1.82) is 0 Å². The Morgan fingerprint density at radius 3 is 2.52 bits per heavy atom. The Kier molecular flexibility index (Phi) is 5.10. The number of hydrogen-bond acceptors (Lipinski definition) is 8. The van der Waals surface area contributed by atoms with Crippen LogP contribution in [0.25, 0.3) is 0 Å². The van der Waals surface area contributed by atoms with Crippen molar-refractivity contribution >= 4 is 28.7 Å². The number of fused-ring (bicyclic) bond motifs is 1. The Morgan fingerprint density at radius 2 is 1.76 bits per heavy atom. The third kappa shape index (κ3) is 3.88. The second-order valence-electron chi connectivity index (χ2n) is 6.30. The largest absolute Gasteiger partial charge is 0.486 e. The van der Waals surface area contributed by atoms with E-state index in [1.54, 1.807) is 18.2 Å².